The second-order valence-electron chi connectivity index (χ2n) is 2.81. The van der Waals surface area contributed by atoms with Crippen molar-refractivity contribution in [3.8, 4) is 0 Å². The Hall–Kier alpha value is -0.750. The van der Waals surface area contributed by atoms with E-state index in [-0.39, 0.29) is 6.61 Å². The minimum absolute atomic E-state index is 0.121. The first-order valence-corrected chi connectivity index (χ1v) is 3.62. The quantitative estimate of drug-likeness (QED) is 0.668. The number of aliphatic carboxylic acids is 1. The molecule has 0 spiro atoms. The fraction of sp³-hybridized carbons (Fsp3) is 0.857. The van der Waals surface area contributed by atoms with Crippen molar-refractivity contribution in [2.24, 2.45) is 5.92 Å². The van der Waals surface area contributed by atoms with Crippen LogP contribution in [0.5, 0.6) is 0 Å². The van der Waals surface area contributed by atoms with Crippen LogP contribution in [0.15, 0.2) is 0 Å². The summed E-state index contributed by atoms with van der Waals surface area (Å²) in [4.78, 5) is 10.0. The summed E-state index contributed by atoms with van der Waals surface area (Å²) in [5, 5.41) is 17.0. The molecule has 4 nitrogen and oxygen atoms in total. The predicted molar refractivity (Wildman–Crippen MR) is 39.6 cm³/mol. The molecule has 0 amide bonds. The van der Waals surface area contributed by atoms with Crippen LogP contribution in [-0.2, 0) is 9.53 Å². The Morgan fingerprint density at radius 3 is 2.38 bits per heavy atom. The molecule has 0 aliphatic carbocycles. The Balaban J connectivity index is 4.39. The predicted octanol–water partition coefficient (Wildman–Crippen LogP) is 0.350. The maximum absolute atomic E-state index is 12.6. The molecule has 78 valence electrons. The minimum Gasteiger partial charge on any atom is -0.477 e. The van der Waals surface area contributed by atoms with E-state index in [1.54, 1.807) is 0 Å². The molecule has 0 saturated heterocycles. The highest BCUT2D eigenvalue weighted by atomic mass is 19.3. The number of carboxylic acid groups (broad SMARTS) is 1. The summed E-state index contributed by atoms with van der Waals surface area (Å²) in [6, 6.07) is 0. The Morgan fingerprint density at radius 2 is 2.08 bits per heavy atom. The number of hydrogen-bond donors (Lipinski definition) is 2. The zero-order valence-corrected chi connectivity index (χ0v) is 7.33. The molecular weight excluding hydrogens is 186 g/mol. The number of alkyl halides is 2. The van der Waals surface area contributed by atoms with Crippen LogP contribution in [0, 0.1) is 5.92 Å². The lowest BCUT2D eigenvalue weighted by Crippen LogP contribution is -2.46. The number of carboxylic acids is 1. The van der Waals surface area contributed by atoms with E-state index in [9.17, 15) is 13.6 Å². The number of methoxy groups -OCH3 is 1. The third-order valence-corrected chi connectivity index (χ3v) is 1.63. The largest absolute Gasteiger partial charge is 0.477 e. The van der Waals surface area contributed by atoms with Crippen molar-refractivity contribution in [1.82, 2.24) is 0 Å². The number of rotatable bonds is 5. The Kier molecular flexibility index (Phi) is 4.22. The summed E-state index contributed by atoms with van der Waals surface area (Å²) in [6.45, 7) is 1.16. The Morgan fingerprint density at radius 1 is 1.62 bits per heavy atom. The van der Waals surface area contributed by atoms with Crippen molar-refractivity contribution in [1.29, 1.82) is 0 Å². The van der Waals surface area contributed by atoms with Gasteiger partial charge in [-0.1, -0.05) is 6.92 Å². The average molecular weight is 198 g/mol. The molecular formula is C7H12F2O4. The highest BCUT2D eigenvalue weighted by Gasteiger charge is 2.49. The van der Waals surface area contributed by atoms with E-state index in [2.05, 4.69) is 4.74 Å². The molecule has 0 aromatic heterocycles. The summed E-state index contributed by atoms with van der Waals surface area (Å²) in [7, 11) is 1.28. The highest BCUT2D eigenvalue weighted by Crippen LogP contribution is 2.24. The summed E-state index contributed by atoms with van der Waals surface area (Å²) in [6.07, 6.45) is -2.23. The molecule has 0 aliphatic rings. The highest BCUT2D eigenvalue weighted by molar-refractivity contribution is 5.76. The second-order valence-corrected chi connectivity index (χ2v) is 2.81. The van der Waals surface area contributed by atoms with E-state index in [4.69, 9.17) is 10.2 Å². The molecule has 0 rings (SSSR count). The van der Waals surface area contributed by atoms with Crippen molar-refractivity contribution < 1.29 is 28.5 Å². The van der Waals surface area contributed by atoms with Gasteiger partial charge in [-0.15, -0.1) is 0 Å². The maximum Gasteiger partial charge on any atom is 0.377 e. The number of ether oxygens (including phenoxy) is 1. The van der Waals surface area contributed by atoms with Gasteiger partial charge in [-0.3, -0.25) is 0 Å². The van der Waals surface area contributed by atoms with E-state index >= 15 is 0 Å². The standard InChI is InChI=1S/C7H12F2O4/c1-4(3-13-2)5(10)7(8,9)6(11)12/h4-5,10H,3H2,1-2H3,(H,11,12). The topological polar surface area (TPSA) is 66.8 Å². The van der Waals surface area contributed by atoms with Gasteiger partial charge in [0, 0.05) is 13.0 Å². The second kappa shape index (κ2) is 4.48. The molecule has 0 saturated carbocycles. The Bertz CT molecular complexity index is 183. The maximum atomic E-state index is 12.6. The smallest absolute Gasteiger partial charge is 0.377 e. The van der Waals surface area contributed by atoms with Gasteiger partial charge in [-0.2, -0.15) is 8.78 Å². The van der Waals surface area contributed by atoms with Gasteiger partial charge in [0.2, 0.25) is 0 Å². The van der Waals surface area contributed by atoms with Crippen LogP contribution in [0.2, 0.25) is 0 Å². The molecule has 2 N–H and O–H groups in total. The van der Waals surface area contributed by atoms with Crippen molar-refractivity contribution in [3.63, 3.8) is 0 Å². The molecule has 0 radical (unpaired) electrons. The van der Waals surface area contributed by atoms with Crippen LogP contribution in [-0.4, -0.2) is 41.9 Å². The van der Waals surface area contributed by atoms with Gasteiger partial charge >= 0.3 is 11.9 Å². The van der Waals surface area contributed by atoms with Crippen LogP contribution in [0.4, 0.5) is 8.78 Å². The van der Waals surface area contributed by atoms with Gasteiger partial charge in [0.25, 0.3) is 0 Å². The lowest BCUT2D eigenvalue weighted by Gasteiger charge is -2.23. The van der Waals surface area contributed by atoms with Crippen molar-refractivity contribution in [3.05, 3.63) is 0 Å². The molecule has 6 heteroatoms. The average Bonchev–Trinajstić information content (AvgIpc) is 2.03. The van der Waals surface area contributed by atoms with Gasteiger partial charge in [0.15, 0.2) is 0 Å². The monoisotopic (exact) mass is 198 g/mol. The van der Waals surface area contributed by atoms with E-state index in [0.29, 0.717) is 0 Å². The lowest BCUT2D eigenvalue weighted by molar-refractivity contribution is -0.189. The van der Waals surface area contributed by atoms with Crippen molar-refractivity contribution in [2.45, 2.75) is 19.0 Å². The zero-order valence-electron chi connectivity index (χ0n) is 7.33. The van der Waals surface area contributed by atoms with Crippen molar-refractivity contribution in [2.75, 3.05) is 13.7 Å². The van der Waals surface area contributed by atoms with Crippen molar-refractivity contribution >= 4 is 5.97 Å². The van der Waals surface area contributed by atoms with Gasteiger partial charge < -0.3 is 14.9 Å². The first kappa shape index (κ1) is 12.2. The van der Waals surface area contributed by atoms with Crippen LogP contribution in [0.1, 0.15) is 6.92 Å². The molecule has 0 fully saturated rings. The summed E-state index contributed by atoms with van der Waals surface area (Å²) in [5.74, 6) is -7.39. The van der Waals surface area contributed by atoms with Gasteiger partial charge in [0.05, 0.1) is 6.61 Å². The molecule has 0 heterocycles. The van der Waals surface area contributed by atoms with Gasteiger partial charge in [0.1, 0.15) is 6.10 Å². The normalized spacial score (nSPS) is 16.7. The first-order valence-electron chi connectivity index (χ1n) is 3.62. The van der Waals surface area contributed by atoms with E-state index < -0.39 is 23.9 Å². The molecule has 0 aliphatic heterocycles. The molecule has 2 atom stereocenters. The molecule has 13 heavy (non-hydrogen) atoms. The van der Waals surface area contributed by atoms with E-state index in [1.807, 2.05) is 0 Å². The molecule has 0 aromatic rings. The van der Waals surface area contributed by atoms with Crippen LogP contribution < -0.4 is 0 Å². The summed E-state index contributed by atoms with van der Waals surface area (Å²) < 4.78 is 29.7. The fourth-order valence-corrected chi connectivity index (χ4v) is 0.838. The number of halogens is 2. The molecule has 2 unspecified atom stereocenters. The fourth-order valence-electron chi connectivity index (χ4n) is 0.838. The van der Waals surface area contributed by atoms with Crippen LogP contribution >= 0.6 is 0 Å². The number of aliphatic hydroxyl groups is 1. The van der Waals surface area contributed by atoms with Crippen LogP contribution in [0.25, 0.3) is 0 Å². The Labute approximate surface area is 74.1 Å². The summed E-state index contributed by atoms with van der Waals surface area (Å²) >= 11 is 0. The minimum atomic E-state index is -4.13. The number of hydrogen-bond acceptors (Lipinski definition) is 3. The number of carbonyl (C=O) groups is 1. The third kappa shape index (κ3) is 2.89. The van der Waals surface area contributed by atoms with Gasteiger partial charge in [-0.25, -0.2) is 4.79 Å². The third-order valence-electron chi connectivity index (χ3n) is 1.63. The van der Waals surface area contributed by atoms with E-state index in [0.717, 1.165) is 0 Å². The summed E-state index contributed by atoms with van der Waals surface area (Å²) in [5.41, 5.74) is 0. The van der Waals surface area contributed by atoms with Gasteiger partial charge in [-0.05, 0) is 0 Å². The van der Waals surface area contributed by atoms with Crippen LogP contribution in [0.3, 0.4) is 0 Å². The lowest BCUT2D eigenvalue weighted by atomic mass is 10.00. The first-order chi connectivity index (χ1) is 5.84. The number of aliphatic hydroxyl groups excluding tert-OH is 1. The van der Waals surface area contributed by atoms with E-state index in [1.165, 1.54) is 14.0 Å². The SMILES string of the molecule is COCC(C)C(O)C(F)(F)C(=O)O. The zero-order chi connectivity index (χ0) is 10.6. The molecule has 0 aromatic carbocycles. The molecule has 0 bridgehead atoms.